The maximum absolute atomic E-state index is 13.4. The molecule has 0 radical (unpaired) electrons. The summed E-state index contributed by atoms with van der Waals surface area (Å²) in [5.41, 5.74) is 7.77. The van der Waals surface area contributed by atoms with Crippen LogP contribution in [0.25, 0.3) is 28.4 Å². The monoisotopic (exact) mass is 452 g/mol. The van der Waals surface area contributed by atoms with Crippen molar-refractivity contribution in [3.8, 4) is 17.0 Å². The number of amides is 1. The number of methoxy groups -OCH3 is 1. The van der Waals surface area contributed by atoms with E-state index in [0.29, 0.717) is 19.5 Å². The van der Waals surface area contributed by atoms with Gasteiger partial charge in [0.05, 0.1) is 25.0 Å². The summed E-state index contributed by atoms with van der Waals surface area (Å²) in [6, 6.07) is 14.3. The first-order chi connectivity index (χ1) is 16.5. The van der Waals surface area contributed by atoms with E-state index in [1.807, 2.05) is 62.5 Å². The van der Waals surface area contributed by atoms with Crippen LogP contribution in [0.2, 0.25) is 0 Å². The van der Waals surface area contributed by atoms with Gasteiger partial charge in [-0.3, -0.25) is 9.78 Å². The molecule has 0 atom stereocenters. The molecule has 0 spiro atoms. The Kier molecular flexibility index (Phi) is 5.65. The Morgan fingerprint density at radius 3 is 2.65 bits per heavy atom. The van der Waals surface area contributed by atoms with E-state index in [2.05, 4.69) is 38.8 Å². The highest BCUT2D eigenvalue weighted by molar-refractivity contribution is 6.04. The van der Waals surface area contributed by atoms with E-state index in [1.165, 1.54) is 0 Å². The van der Waals surface area contributed by atoms with Gasteiger partial charge in [0.2, 0.25) is 5.91 Å². The number of carbonyl (C=O) groups excluding carboxylic acids is 1. The number of fused-ring (bicyclic) bond motifs is 1. The molecule has 0 unspecified atom stereocenters. The van der Waals surface area contributed by atoms with Crippen molar-refractivity contribution in [3.05, 3.63) is 82.8 Å². The summed E-state index contributed by atoms with van der Waals surface area (Å²) in [5.74, 6) is 0.892. The molecule has 3 aromatic heterocycles. The minimum absolute atomic E-state index is 0.0562. The molecular weight excluding hydrogens is 424 g/mol. The van der Waals surface area contributed by atoms with Gasteiger partial charge in [-0.05, 0) is 44.0 Å². The van der Waals surface area contributed by atoms with Crippen LogP contribution in [-0.4, -0.2) is 39.0 Å². The zero-order valence-corrected chi connectivity index (χ0v) is 20.0. The number of hydrogen-bond donors (Lipinski definition) is 0. The van der Waals surface area contributed by atoms with E-state index >= 15 is 0 Å². The zero-order valence-electron chi connectivity index (χ0n) is 20.0. The van der Waals surface area contributed by atoms with Gasteiger partial charge < -0.3 is 14.2 Å². The van der Waals surface area contributed by atoms with Crippen LogP contribution in [0.3, 0.4) is 0 Å². The molecule has 0 aliphatic carbocycles. The fourth-order valence-electron chi connectivity index (χ4n) is 4.92. The highest BCUT2D eigenvalue weighted by atomic mass is 16.5. The number of hydrogen-bond acceptors (Lipinski definition) is 4. The normalized spacial score (nSPS) is 15.0. The lowest BCUT2D eigenvalue weighted by molar-refractivity contribution is -0.125. The van der Waals surface area contributed by atoms with Crippen LogP contribution in [0.5, 0.6) is 5.75 Å². The van der Waals surface area contributed by atoms with E-state index in [-0.39, 0.29) is 5.91 Å². The lowest BCUT2D eigenvalue weighted by Gasteiger charge is -2.18. The first-order valence-corrected chi connectivity index (χ1v) is 11.5. The topological polar surface area (TPSA) is 60.2 Å². The van der Waals surface area contributed by atoms with Crippen molar-refractivity contribution in [3.63, 3.8) is 0 Å². The van der Waals surface area contributed by atoms with Crippen LogP contribution >= 0.6 is 0 Å². The van der Waals surface area contributed by atoms with Gasteiger partial charge in [-0.25, -0.2) is 4.98 Å². The minimum atomic E-state index is 0.0562. The summed E-state index contributed by atoms with van der Waals surface area (Å²) in [6.07, 6.45) is 6.38. The number of aryl methyl sites for hydroxylation is 2. The number of ether oxygens (including phenoxy) is 1. The average Bonchev–Trinajstić information content (AvgIpc) is 3.34. The summed E-state index contributed by atoms with van der Waals surface area (Å²) in [5, 5.41) is 1.04. The number of nitrogens with zero attached hydrogens (tertiary/aromatic N) is 4. The van der Waals surface area contributed by atoms with Crippen molar-refractivity contribution in [2.45, 2.75) is 26.8 Å². The molecule has 1 aliphatic rings. The van der Waals surface area contributed by atoms with E-state index in [9.17, 15) is 4.79 Å². The highest BCUT2D eigenvalue weighted by Gasteiger charge is 2.28. The number of likely N-dealkylation sites (tertiary alicyclic amines) is 1. The van der Waals surface area contributed by atoms with Gasteiger partial charge >= 0.3 is 0 Å². The van der Waals surface area contributed by atoms with Crippen LogP contribution < -0.4 is 4.74 Å². The Morgan fingerprint density at radius 1 is 1.09 bits per heavy atom. The van der Waals surface area contributed by atoms with E-state index in [4.69, 9.17) is 4.74 Å². The second-order valence-electron chi connectivity index (χ2n) is 8.75. The highest BCUT2D eigenvalue weighted by Crippen LogP contribution is 2.35. The fraction of sp³-hybridized carbons (Fsp3) is 0.250. The van der Waals surface area contributed by atoms with E-state index in [0.717, 1.165) is 56.0 Å². The molecule has 1 aromatic carbocycles. The first-order valence-electron chi connectivity index (χ1n) is 11.5. The largest absolute Gasteiger partial charge is 0.496 e. The lowest BCUT2D eigenvalue weighted by atomic mass is 10.0. The van der Waals surface area contributed by atoms with Crippen molar-refractivity contribution < 1.29 is 9.53 Å². The Bertz CT molecular complexity index is 1420. The fourth-order valence-corrected chi connectivity index (χ4v) is 4.92. The number of carbonyl (C=O) groups is 1. The molecule has 0 N–H and O–H groups in total. The summed E-state index contributed by atoms with van der Waals surface area (Å²) in [6.45, 7) is 5.13. The van der Waals surface area contributed by atoms with E-state index < -0.39 is 0 Å². The minimum Gasteiger partial charge on any atom is -0.496 e. The smallest absolute Gasteiger partial charge is 0.250 e. The third-order valence-electron chi connectivity index (χ3n) is 6.65. The summed E-state index contributed by atoms with van der Waals surface area (Å²) >= 11 is 0. The molecule has 5 rings (SSSR count). The molecule has 6 heteroatoms. The Morgan fingerprint density at radius 2 is 1.88 bits per heavy atom. The van der Waals surface area contributed by atoms with Crippen LogP contribution in [-0.2, 0) is 18.4 Å². The SMILES string of the molecule is COc1c(C)cnc(CN2CC/C(=C\c3c(-c4ccccc4)n(C)c4ncccc34)C2=O)c1C. The third kappa shape index (κ3) is 3.65. The van der Waals surface area contributed by atoms with Gasteiger partial charge in [-0.1, -0.05) is 30.3 Å². The number of benzene rings is 1. The third-order valence-corrected chi connectivity index (χ3v) is 6.65. The van der Waals surface area contributed by atoms with Gasteiger partial charge in [0, 0.05) is 53.6 Å². The Hall–Kier alpha value is -3.93. The molecule has 0 saturated carbocycles. The molecule has 1 aliphatic heterocycles. The molecule has 0 bridgehead atoms. The molecule has 1 fully saturated rings. The zero-order chi connectivity index (χ0) is 23.8. The van der Waals surface area contributed by atoms with Crippen molar-refractivity contribution in [1.29, 1.82) is 0 Å². The predicted octanol–water partition coefficient (Wildman–Crippen LogP) is 5.08. The molecule has 6 nitrogen and oxygen atoms in total. The molecule has 4 heterocycles. The van der Waals surface area contributed by atoms with Crippen molar-refractivity contribution in [1.82, 2.24) is 19.4 Å². The summed E-state index contributed by atoms with van der Waals surface area (Å²) in [7, 11) is 3.70. The number of rotatable bonds is 5. The molecular formula is C28H28N4O2. The van der Waals surface area contributed by atoms with Crippen LogP contribution in [0.1, 0.15) is 28.8 Å². The summed E-state index contributed by atoms with van der Waals surface area (Å²) in [4.78, 5) is 24.5. The molecule has 4 aromatic rings. The van der Waals surface area contributed by atoms with Crippen molar-refractivity contribution >= 4 is 23.0 Å². The van der Waals surface area contributed by atoms with Crippen LogP contribution in [0.4, 0.5) is 0 Å². The van der Waals surface area contributed by atoms with Gasteiger partial charge in [0.1, 0.15) is 11.4 Å². The molecule has 34 heavy (non-hydrogen) atoms. The van der Waals surface area contributed by atoms with Crippen molar-refractivity contribution in [2.24, 2.45) is 7.05 Å². The van der Waals surface area contributed by atoms with Gasteiger partial charge in [0.15, 0.2) is 0 Å². The Labute approximate surface area is 199 Å². The molecule has 172 valence electrons. The lowest BCUT2D eigenvalue weighted by Crippen LogP contribution is -2.25. The second-order valence-corrected chi connectivity index (χ2v) is 8.75. The first kappa shape index (κ1) is 21.9. The maximum Gasteiger partial charge on any atom is 0.250 e. The molecule has 1 amide bonds. The predicted molar refractivity (Wildman–Crippen MR) is 134 cm³/mol. The standard InChI is InChI=1S/C28H28N4O2/c1-18-16-30-24(19(2)26(18)34-4)17-32-14-12-21(28(32)33)15-23-22-11-8-13-29-27(22)31(3)25(23)20-9-6-5-7-10-20/h5-11,13,15-16H,12,14,17H2,1-4H3/b21-15+. The molecule has 1 saturated heterocycles. The van der Waals surface area contributed by atoms with Crippen molar-refractivity contribution in [2.75, 3.05) is 13.7 Å². The van der Waals surface area contributed by atoms with E-state index in [1.54, 1.807) is 7.11 Å². The van der Waals surface area contributed by atoms with Gasteiger partial charge in [-0.2, -0.15) is 0 Å². The number of pyridine rings is 2. The van der Waals surface area contributed by atoms with Crippen LogP contribution in [0.15, 0.2) is 60.4 Å². The van der Waals surface area contributed by atoms with Gasteiger partial charge in [-0.15, -0.1) is 0 Å². The Balaban J connectivity index is 1.52. The maximum atomic E-state index is 13.4. The second kappa shape index (κ2) is 8.78. The summed E-state index contributed by atoms with van der Waals surface area (Å²) < 4.78 is 7.65. The quantitative estimate of drug-likeness (QED) is 0.397. The van der Waals surface area contributed by atoms with Crippen LogP contribution in [0, 0.1) is 13.8 Å². The average molecular weight is 453 g/mol. The van der Waals surface area contributed by atoms with Gasteiger partial charge in [0.25, 0.3) is 0 Å². The number of aromatic nitrogens is 3.